The summed E-state index contributed by atoms with van der Waals surface area (Å²) in [6.07, 6.45) is 4.10. The molecular weight excluding hydrogens is 303 g/mol. The van der Waals surface area contributed by atoms with E-state index in [1.165, 1.54) is 0 Å². The SMILES string of the molecule is BNC1CCCC(c2c(F)c(B)c(C(N)=O)c3[nH]c(C)c(C)c23)C1. The van der Waals surface area contributed by atoms with E-state index < -0.39 is 5.91 Å². The van der Waals surface area contributed by atoms with Crippen LogP contribution < -0.4 is 16.4 Å². The van der Waals surface area contributed by atoms with Crippen molar-refractivity contribution in [2.45, 2.75) is 51.5 Å². The van der Waals surface area contributed by atoms with Crippen molar-refractivity contribution in [1.82, 2.24) is 10.2 Å². The van der Waals surface area contributed by atoms with Crippen LogP contribution >= 0.6 is 0 Å². The zero-order valence-electron chi connectivity index (χ0n) is 14.8. The molecule has 1 fully saturated rings. The normalized spacial score (nSPS) is 21.3. The summed E-state index contributed by atoms with van der Waals surface area (Å²) >= 11 is 0. The highest BCUT2D eigenvalue weighted by Crippen LogP contribution is 2.40. The van der Waals surface area contributed by atoms with Crippen LogP contribution in [0.25, 0.3) is 10.9 Å². The lowest BCUT2D eigenvalue weighted by Crippen LogP contribution is -2.33. The van der Waals surface area contributed by atoms with Crippen LogP contribution in [0, 0.1) is 19.7 Å². The van der Waals surface area contributed by atoms with E-state index in [2.05, 4.69) is 10.2 Å². The zero-order valence-corrected chi connectivity index (χ0v) is 14.8. The molecule has 1 aromatic carbocycles. The summed E-state index contributed by atoms with van der Waals surface area (Å²) in [7, 11) is 3.62. The van der Waals surface area contributed by atoms with E-state index in [4.69, 9.17) is 5.73 Å². The molecule has 1 saturated carbocycles. The third-order valence-corrected chi connectivity index (χ3v) is 5.70. The molecule has 1 heterocycles. The Labute approximate surface area is 143 Å². The minimum Gasteiger partial charge on any atom is -0.366 e. The van der Waals surface area contributed by atoms with E-state index in [9.17, 15) is 4.79 Å². The number of halogens is 1. The summed E-state index contributed by atoms with van der Waals surface area (Å²) in [6, 6.07) is 0.412. The van der Waals surface area contributed by atoms with Crippen LogP contribution in [0.5, 0.6) is 0 Å². The molecule has 0 saturated heterocycles. The molecule has 4 nitrogen and oxygen atoms in total. The van der Waals surface area contributed by atoms with Gasteiger partial charge in [-0.3, -0.25) is 4.79 Å². The topological polar surface area (TPSA) is 70.9 Å². The number of amides is 1. The average Bonchev–Trinajstić information content (AvgIpc) is 2.83. The first-order chi connectivity index (χ1) is 11.4. The van der Waals surface area contributed by atoms with Gasteiger partial charge >= 0.3 is 0 Å². The number of aromatic amines is 1. The molecule has 2 aromatic rings. The summed E-state index contributed by atoms with van der Waals surface area (Å²) < 4.78 is 15.3. The first-order valence-corrected chi connectivity index (χ1v) is 8.64. The smallest absolute Gasteiger partial charge is 0.250 e. The van der Waals surface area contributed by atoms with Gasteiger partial charge in [-0.25, -0.2) is 4.39 Å². The van der Waals surface area contributed by atoms with Crippen molar-refractivity contribution in [3.8, 4) is 0 Å². The van der Waals surface area contributed by atoms with Gasteiger partial charge in [0.25, 0.3) is 0 Å². The van der Waals surface area contributed by atoms with Crippen molar-refractivity contribution >= 4 is 38.1 Å². The number of H-pyrrole nitrogens is 1. The fraction of sp³-hybridized carbons (Fsp3) is 0.471. The summed E-state index contributed by atoms with van der Waals surface area (Å²) in [5.74, 6) is -0.686. The predicted octanol–water partition coefficient (Wildman–Crippen LogP) is 0.445. The van der Waals surface area contributed by atoms with E-state index in [0.717, 1.165) is 47.9 Å². The number of nitrogens with one attached hydrogen (secondary N) is 2. The molecule has 4 N–H and O–H groups in total. The lowest BCUT2D eigenvalue weighted by molar-refractivity contribution is 0.100. The van der Waals surface area contributed by atoms with Crippen LogP contribution in [-0.4, -0.2) is 32.8 Å². The molecule has 0 bridgehead atoms. The number of rotatable bonds is 3. The van der Waals surface area contributed by atoms with Gasteiger partial charge in [0.15, 0.2) is 7.98 Å². The summed E-state index contributed by atoms with van der Waals surface area (Å²) in [5, 5.41) is 4.18. The fourth-order valence-corrected chi connectivity index (χ4v) is 4.26. The summed E-state index contributed by atoms with van der Waals surface area (Å²) in [5.41, 5.74) is 9.60. The molecule has 1 aromatic heterocycles. The van der Waals surface area contributed by atoms with Gasteiger partial charge in [-0.1, -0.05) is 6.42 Å². The van der Waals surface area contributed by atoms with Crippen LogP contribution in [0.15, 0.2) is 0 Å². The maximum absolute atomic E-state index is 15.3. The van der Waals surface area contributed by atoms with E-state index in [1.54, 1.807) is 7.85 Å². The highest BCUT2D eigenvalue weighted by atomic mass is 19.1. The van der Waals surface area contributed by atoms with Gasteiger partial charge in [-0.05, 0) is 56.1 Å². The first-order valence-electron chi connectivity index (χ1n) is 8.64. The van der Waals surface area contributed by atoms with Gasteiger partial charge in [-0.2, -0.15) is 0 Å². The van der Waals surface area contributed by atoms with Gasteiger partial charge in [0, 0.05) is 16.6 Å². The van der Waals surface area contributed by atoms with Crippen molar-refractivity contribution < 1.29 is 9.18 Å². The molecule has 24 heavy (non-hydrogen) atoms. The Balaban J connectivity index is 2.30. The number of primary amides is 1. The van der Waals surface area contributed by atoms with Gasteiger partial charge < -0.3 is 15.9 Å². The quantitative estimate of drug-likeness (QED) is 0.716. The molecule has 0 aliphatic heterocycles. The van der Waals surface area contributed by atoms with Crippen LogP contribution in [-0.2, 0) is 0 Å². The standard InChI is InChI=1S/C17H24B2FN3O/c1-7-8(2)22-16-11(7)12(9-4-3-5-10(6-9)23-19)15(20)14(18)13(16)17(21)24/h9-10,22-23H,3-6,18-19H2,1-2H3,(H2,21,24). The largest absolute Gasteiger partial charge is 0.366 e. The van der Waals surface area contributed by atoms with Crippen molar-refractivity contribution in [3.05, 3.63) is 28.2 Å². The van der Waals surface area contributed by atoms with Crippen molar-refractivity contribution in [2.24, 2.45) is 5.73 Å². The Hall–Kier alpha value is -1.75. The van der Waals surface area contributed by atoms with E-state index in [-0.39, 0.29) is 17.3 Å². The minimum absolute atomic E-state index is 0.160. The van der Waals surface area contributed by atoms with Gasteiger partial charge in [0.2, 0.25) is 5.91 Å². The van der Waals surface area contributed by atoms with Crippen molar-refractivity contribution in [3.63, 3.8) is 0 Å². The molecule has 126 valence electrons. The highest BCUT2D eigenvalue weighted by Gasteiger charge is 2.30. The fourth-order valence-electron chi connectivity index (χ4n) is 4.26. The minimum atomic E-state index is -0.582. The van der Waals surface area contributed by atoms with Crippen molar-refractivity contribution in [2.75, 3.05) is 0 Å². The number of carbonyl (C=O) groups excluding carboxylic acids is 1. The molecule has 0 spiro atoms. The van der Waals surface area contributed by atoms with Gasteiger partial charge in [0.05, 0.1) is 11.1 Å². The molecule has 0 radical (unpaired) electrons. The Morgan fingerprint density at radius 2 is 2.08 bits per heavy atom. The van der Waals surface area contributed by atoms with E-state index in [0.29, 0.717) is 17.0 Å². The third kappa shape index (κ3) is 2.55. The Morgan fingerprint density at radius 1 is 1.38 bits per heavy atom. The second-order valence-corrected chi connectivity index (χ2v) is 7.07. The number of nitrogens with two attached hydrogens (primary N) is 1. The molecular formula is C17H24B2FN3O. The van der Waals surface area contributed by atoms with Gasteiger partial charge in [-0.15, -0.1) is 0 Å². The van der Waals surface area contributed by atoms with Crippen LogP contribution in [0.3, 0.4) is 0 Å². The number of hydrogen-bond donors (Lipinski definition) is 3. The third-order valence-electron chi connectivity index (χ3n) is 5.70. The zero-order chi connectivity index (χ0) is 17.6. The lowest BCUT2D eigenvalue weighted by Gasteiger charge is -2.31. The van der Waals surface area contributed by atoms with E-state index >= 15 is 4.39 Å². The molecule has 1 amide bonds. The predicted molar refractivity (Wildman–Crippen MR) is 101 cm³/mol. The molecule has 7 heteroatoms. The summed E-state index contributed by atoms with van der Waals surface area (Å²) in [4.78, 5) is 15.2. The maximum Gasteiger partial charge on any atom is 0.250 e. The number of benzene rings is 1. The maximum atomic E-state index is 15.3. The summed E-state index contributed by atoms with van der Waals surface area (Å²) in [6.45, 7) is 3.93. The number of fused-ring (bicyclic) bond motifs is 1. The number of carbonyl (C=O) groups is 1. The Kier molecular flexibility index (Phi) is 4.47. The first kappa shape index (κ1) is 17.1. The monoisotopic (exact) mass is 327 g/mol. The van der Waals surface area contributed by atoms with Crippen LogP contribution in [0.4, 0.5) is 4.39 Å². The number of hydrogen-bond acceptors (Lipinski definition) is 2. The average molecular weight is 327 g/mol. The Morgan fingerprint density at radius 3 is 2.71 bits per heavy atom. The molecule has 2 unspecified atom stereocenters. The number of aromatic nitrogens is 1. The van der Waals surface area contributed by atoms with Crippen molar-refractivity contribution in [1.29, 1.82) is 0 Å². The van der Waals surface area contributed by atoms with E-state index in [1.807, 2.05) is 21.8 Å². The second kappa shape index (κ2) is 6.28. The second-order valence-electron chi connectivity index (χ2n) is 7.07. The molecule has 1 aliphatic carbocycles. The molecule has 3 rings (SSSR count). The lowest BCUT2D eigenvalue weighted by atomic mass is 9.75. The molecule has 1 aliphatic rings. The Bertz CT molecular complexity index is 818. The highest BCUT2D eigenvalue weighted by molar-refractivity contribution is 6.39. The van der Waals surface area contributed by atoms with Crippen LogP contribution in [0.2, 0.25) is 0 Å². The number of aryl methyl sites for hydroxylation is 2. The molecule has 2 atom stereocenters. The van der Waals surface area contributed by atoms with Gasteiger partial charge in [0.1, 0.15) is 13.7 Å². The van der Waals surface area contributed by atoms with Crippen LogP contribution in [0.1, 0.15) is 58.8 Å².